The van der Waals surface area contributed by atoms with Crippen LogP contribution in [0.2, 0.25) is 0 Å². The molecule has 14 heteroatoms. The molecule has 0 bridgehead atoms. The molecule has 0 aromatic carbocycles. The number of aromatic nitrogens is 5. The molecule has 0 unspecified atom stereocenters. The van der Waals surface area contributed by atoms with Gasteiger partial charge in [0.05, 0.1) is 22.4 Å². The van der Waals surface area contributed by atoms with Gasteiger partial charge in [0.25, 0.3) is 5.89 Å². The summed E-state index contributed by atoms with van der Waals surface area (Å²) in [5.74, 6) is -0.635. The molecule has 2 aliphatic rings. The zero-order valence-corrected chi connectivity index (χ0v) is 22.6. The molecule has 0 radical (unpaired) electrons. The second-order valence-electron chi connectivity index (χ2n) is 10.6. The molecular weight excluding hydrogens is 527 g/mol. The molecular formula is C26H30F3N9O2. The number of alkyl halides is 3. The predicted octanol–water partition coefficient (Wildman–Crippen LogP) is 4.25. The van der Waals surface area contributed by atoms with Gasteiger partial charge in [-0.25, -0.2) is 15.0 Å². The van der Waals surface area contributed by atoms with Crippen LogP contribution in [0.4, 0.5) is 30.5 Å². The summed E-state index contributed by atoms with van der Waals surface area (Å²) in [6.45, 7) is 9.57. The van der Waals surface area contributed by atoms with Crippen LogP contribution >= 0.6 is 0 Å². The van der Waals surface area contributed by atoms with Crippen molar-refractivity contribution in [3.63, 3.8) is 0 Å². The molecule has 5 heterocycles. The number of fused-ring (bicyclic) bond motifs is 1. The highest BCUT2D eigenvalue weighted by atomic mass is 19.4. The number of carbonyl (C=O) groups is 1. The van der Waals surface area contributed by atoms with Crippen molar-refractivity contribution in [2.75, 3.05) is 29.9 Å². The van der Waals surface area contributed by atoms with E-state index in [0.717, 1.165) is 11.4 Å². The van der Waals surface area contributed by atoms with Crippen LogP contribution in [0.3, 0.4) is 0 Å². The summed E-state index contributed by atoms with van der Waals surface area (Å²) in [6, 6.07) is 3.53. The predicted molar refractivity (Wildman–Crippen MR) is 142 cm³/mol. The fourth-order valence-electron chi connectivity index (χ4n) is 4.90. The van der Waals surface area contributed by atoms with Gasteiger partial charge in [0.15, 0.2) is 0 Å². The van der Waals surface area contributed by atoms with Gasteiger partial charge in [0, 0.05) is 37.8 Å². The Labute approximate surface area is 228 Å². The maximum atomic E-state index is 13.0. The lowest BCUT2D eigenvalue weighted by atomic mass is 9.86. The number of carbonyl (C=O) groups excluding carboxylic acids is 1. The molecule has 1 fully saturated rings. The fraction of sp³-hybridized carbons (Fsp3) is 0.500. The number of anilines is 2. The molecule has 2 N–H and O–H groups in total. The van der Waals surface area contributed by atoms with E-state index in [9.17, 15) is 18.0 Å². The van der Waals surface area contributed by atoms with E-state index >= 15 is 0 Å². The van der Waals surface area contributed by atoms with Gasteiger partial charge in [0.1, 0.15) is 23.7 Å². The van der Waals surface area contributed by atoms with Gasteiger partial charge in [-0.1, -0.05) is 13.8 Å². The molecule has 0 atom stereocenters. The first-order valence-electron chi connectivity index (χ1n) is 13.0. The Kier molecular flexibility index (Phi) is 7.29. The third-order valence-electron chi connectivity index (χ3n) is 7.07. The van der Waals surface area contributed by atoms with Gasteiger partial charge in [0.2, 0.25) is 5.91 Å². The Morgan fingerprint density at radius 1 is 1.23 bits per heavy atom. The lowest BCUT2D eigenvalue weighted by molar-refractivity contribution is -0.157. The average Bonchev–Trinajstić information content (AvgIpc) is 3.50. The van der Waals surface area contributed by atoms with E-state index in [1.807, 2.05) is 27.7 Å². The number of hydrogen-bond donors (Lipinski definition) is 2. The lowest BCUT2D eigenvalue weighted by Crippen LogP contribution is -2.36. The quantitative estimate of drug-likeness (QED) is 0.409. The first kappa shape index (κ1) is 27.6. The standard InChI is InChI=1S/C26H30F3N9O2/c1-14(2)30-9-10-31-16-5-6-17(22-36-37-24(40-22)26(27,28)29)34-19(16)15-7-11-38(12-8-15)21-18-20(32-13-33-21)35-23(39)25(18,3)4/h5-6,10,13-15,30H,7-9,11-12H2,1-4H3,(H,32,33,35,39). The zero-order chi connectivity index (χ0) is 28.7. The molecule has 3 aromatic heterocycles. The van der Waals surface area contributed by atoms with Crippen molar-refractivity contribution in [3.05, 3.63) is 35.6 Å². The molecule has 1 amide bonds. The van der Waals surface area contributed by atoms with Crippen molar-refractivity contribution >= 4 is 29.4 Å². The van der Waals surface area contributed by atoms with E-state index in [-0.39, 0.29) is 29.5 Å². The first-order chi connectivity index (χ1) is 18.9. The van der Waals surface area contributed by atoms with Crippen molar-refractivity contribution in [2.24, 2.45) is 4.99 Å². The number of piperidine rings is 1. The summed E-state index contributed by atoms with van der Waals surface area (Å²) in [4.78, 5) is 32.7. The summed E-state index contributed by atoms with van der Waals surface area (Å²) in [5.41, 5.74) is 1.44. The number of halogens is 3. The number of nitrogens with zero attached hydrogens (tertiary/aromatic N) is 7. The van der Waals surface area contributed by atoms with Crippen LogP contribution in [0.5, 0.6) is 0 Å². The molecule has 0 spiro atoms. The first-order valence-corrected chi connectivity index (χ1v) is 13.0. The van der Waals surface area contributed by atoms with Gasteiger partial charge < -0.3 is 20.0 Å². The van der Waals surface area contributed by atoms with Gasteiger partial charge in [-0.15, -0.1) is 10.2 Å². The van der Waals surface area contributed by atoms with E-state index < -0.39 is 17.5 Å². The maximum absolute atomic E-state index is 13.0. The monoisotopic (exact) mass is 557 g/mol. The average molecular weight is 558 g/mol. The summed E-state index contributed by atoms with van der Waals surface area (Å²) in [6.07, 6.45) is -0.183. The second kappa shape index (κ2) is 10.6. The van der Waals surface area contributed by atoms with Crippen molar-refractivity contribution in [3.8, 4) is 11.6 Å². The summed E-state index contributed by atoms with van der Waals surface area (Å²) >= 11 is 0. The highest BCUT2D eigenvalue weighted by Gasteiger charge is 2.43. The van der Waals surface area contributed by atoms with Crippen LogP contribution < -0.4 is 15.5 Å². The number of amides is 1. The fourth-order valence-corrected chi connectivity index (χ4v) is 4.90. The second-order valence-corrected chi connectivity index (χ2v) is 10.6. The Hall–Kier alpha value is -3.94. The number of rotatable bonds is 7. The number of hydrogen-bond acceptors (Lipinski definition) is 10. The Morgan fingerprint density at radius 3 is 2.65 bits per heavy atom. The third kappa shape index (κ3) is 5.40. The Balaban J connectivity index is 1.41. The molecule has 40 heavy (non-hydrogen) atoms. The van der Waals surface area contributed by atoms with Crippen molar-refractivity contribution < 1.29 is 22.4 Å². The number of aliphatic imine (C=N–C) groups is 1. The third-order valence-corrected chi connectivity index (χ3v) is 7.07. The Morgan fingerprint density at radius 2 is 1.98 bits per heavy atom. The lowest BCUT2D eigenvalue weighted by Gasteiger charge is -2.34. The van der Waals surface area contributed by atoms with Crippen molar-refractivity contribution in [1.82, 2.24) is 30.5 Å². The van der Waals surface area contributed by atoms with Crippen LogP contribution in [0, 0.1) is 0 Å². The number of pyridine rings is 1. The molecule has 11 nitrogen and oxygen atoms in total. The normalized spacial score (nSPS) is 17.6. The molecule has 212 valence electrons. The molecule has 1 saturated heterocycles. The molecule has 2 aliphatic heterocycles. The molecule has 3 aromatic rings. The SMILES string of the molecule is CC(C)NCC=Nc1ccc(-c2nnc(C(F)(F)F)o2)nc1C1CCN(c2ncnc3c2C(C)(C)C(=O)N3)CC1. The minimum Gasteiger partial charge on any atom is -0.411 e. The van der Waals surface area contributed by atoms with Crippen LogP contribution in [0.15, 0.2) is 27.9 Å². The van der Waals surface area contributed by atoms with Crippen molar-refractivity contribution in [2.45, 2.75) is 64.1 Å². The largest absolute Gasteiger partial charge is 0.470 e. The molecule has 5 rings (SSSR count). The molecule has 0 aliphatic carbocycles. The Bertz CT molecular complexity index is 1430. The van der Waals surface area contributed by atoms with Crippen LogP contribution in [0.25, 0.3) is 11.6 Å². The summed E-state index contributed by atoms with van der Waals surface area (Å²) in [5, 5.41) is 12.8. The van der Waals surface area contributed by atoms with E-state index in [4.69, 9.17) is 4.42 Å². The van der Waals surface area contributed by atoms with Gasteiger partial charge in [-0.05, 0) is 38.8 Å². The summed E-state index contributed by atoms with van der Waals surface area (Å²) in [7, 11) is 0. The van der Waals surface area contributed by atoms with Crippen LogP contribution in [0.1, 0.15) is 63.6 Å². The zero-order valence-electron chi connectivity index (χ0n) is 22.6. The minimum absolute atomic E-state index is 0.0333. The summed E-state index contributed by atoms with van der Waals surface area (Å²) < 4.78 is 44.0. The van der Waals surface area contributed by atoms with Crippen LogP contribution in [-0.4, -0.2) is 62.9 Å². The highest BCUT2D eigenvalue weighted by Crippen LogP contribution is 2.43. The van der Waals surface area contributed by atoms with E-state index in [1.54, 1.807) is 12.3 Å². The van der Waals surface area contributed by atoms with E-state index in [0.29, 0.717) is 49.7 Å². The van der Waals surface area contributed by atoms with E-state index in [1.165, 1.54) is 12.4 Å². The highest BCUT2D eigenvalue weighted by molar-refractivity contribution is 6.06. The van der Waals surface area contributed by atoms with E-state index in [2.05, 4.69) is 45.7 Å². The van der Waals surface area contributed by atoms with Gasteiger partial charge in [-0.2, -0.15) is 13.2 Å². The molecule has 0 saturated carbocycles. The van der Waals surface area contributed by atoms with Gasteiger partial charge in [-0.3, -0.25) is 9.79 Å². The number of nitrogens with one attached hydrogen (secondary N) is 2. The van der Waals surface area contributed by atoms with Gasteiger partial charge >= 0.3 is 12.1 Å². The topological polar surface area (TPSA) is 134 Å². The minimum atomic E-state index is -4.75. The van der Waals surface area contributed by atoms with Crippen molar-refractivity contribution in [1.29, 1.82) is 0 Å². The van der Waals surface area contributed by atoms with Crippen LogP contribution in [-0.2, 0) is 16.4 Å². The maximum Gasteiger partial charge on any atom is 0.470 e. The smallest absolute Gasteiger partial charge is 0.411 e.